The van der Waals surface area contributed by atoms with Crippen molar-refractivity contribution in [3.8, 4) is 11.5 Å². The van der Waals surface area contributed by atoms with E-state index >= 15 is 0 Å². The molecule has 2 aromatic rings. The van der Waals surface area contributed by atoms with Gasteiger partial charge in [0.2, 0.25) is 0 Å². The van der Waals surface area contributed by atoms with Crippen LogP contribution in [0.4, 0.5) is 0 Å². The first-order valence-electron chi connectivity index (χ1n) is 7.04. The van der Waals surface area contributed by atoms with Crippen LogP contribution in [0, 0.1) is 0 Å². The van der Waals surface area contributed by atoms with Crippen LogP contribution in [0.3, 0.4) is 0 Å². The van der Waals surface area contributed by atoms with Crippen LogP contribution in [0.2, 0.25) is 0 Å². The van der Waals surface area contributed by atoms with Gasteiger partial charge in [-0.25, -0.2) is 0 Å². The normalized spacial score (nSPS) is 10.8. The molecule has 0 spiro atoms. The number of rotatable bonds is 6. The number of nitrogens with zero attached hydrogens (tertiary/aromatic N) is 1. The fourth-order valence-electron chi connectivity index (χ4n) is 2.01. The van der Waals surface area contributed by atoms with Crippen molar-refractivity contribution in [2.45, 2.75) is 13.1 Å². The van der Waals surface area contributed by atoms with Crippen LogP contribution >= 0.6 is 51.2 Å². The second-order valence-electron chi connectivity index (χ2n) is 4.71. The molecule has 0 atom stereocenters. The third-order valence-electron chi connectivity index (χ3n) is 3.26. The molecule has 8 heteroatoms. The van der Waals surface area contributed by atoms with Crippen LogP contribution in [0.1, 0.15) is 11.1 Å². The minimum atomic E-state index is 0. The highest BCUT2D eigenvalue weighted by Gasteiger charge is 2.10. The van der Waals surface area contributed by atoms with Crippen molar-refractivity contribution in [1.82, 2.24) is 10.6 Å². The van der Waals surface area contributed by atoms with E-state index in [2.05, 4.69) is 48.4 Å². The number of nitrogens with one attached hydrogen (secondary N) is 2. The topological polar surface area (TPSA) is 54.9 Å². The molecule has 0 radical (unpaired) electrons. The van der Waals surface area contributed by atoms with E-state index < -0.39 is 0 Å². The van der Waals surface area contributed by atoms with Crippen molar-refractivity contribution in [1.29, 1.82) is 0 Å². The minimum Gasteiger partial charge on any atom is -0.493 e. The Bertz CT molecular complexity index is 666. The van der Waals surface area contributed by atoms with E-state index in [-0.39, 0.29) is 24.0 Å². The molecule has 1 heterocycles. The summed E-state index contributed by atoms with van der Waals surface area (Å²) in [4.78, 5) is 4.24. The molecule has 1 aromatic carbocycles. The summed E-state index contributed by atoms with van der Waals surface area (Å²) < 4.78 is 11.6. The van der Waals surface area contributed by atoms with E-state index in [9.17, 15) is 0 Å². The van der Waals surface area contributed by atoms with E-state index in [1.54, 1.807) is 32.6 Å². The molecule has 0 saturated carbocycles. The van der Waals surface area contributed by atoms with Gasteiger partial charge < -0.3 is 20.1 Å². The number of thiophene rings is 1. The molecular formula is C16H21BrIN3O2S. The molecule has 24 heavy (non-hydrogen) atoms. The van der Waals surface area contributed by atoms with Crippen LogP contribution < -0.4 is 20.1 Å². The molecule has 0 aliphatic carbocycles. The summed E-state index contributed by atoms with van der Waals surface area (Å²) in [6, 6.07) is 5.94. The van der Waals surface area contributed by atoms with E-state index in [1.165, 1.54) is 5.56 Å². The molecule has 0 unspecified atom stereocenters. The predicted octanol–water partition coefficient (Wildman–Crippen LogP) is 4.01. The lowest BCUT2D eigenvalue weighted by Crippen LogP contribution is -2.36. The second-order valence-corrected chi connectivity index (χ2v) is 6.34. The Morgan fingerprint density at radius 1 is 1.17 bits per heavy atom. The molecule has 0 aliphatic rings. The molecular weight excluding hydrogens is 505 g/mol. The van der Waals surface area contributed by atoms with Crippen molar-refractivity contribution in [2.75, 3.05) is 21.3 Å². The first-order valence-corrected chi connectivity index (χ1v) is 8.77. The summed E-state index contributed by atoms with van der Waals surface area (Å²) in [7, 11) is 5.01. The highest BCUT2D eigenvalue weighted by molar-refractivity contribution is 14.0. The molecule has 0 aliphatic heterocycles. The number of methoxy groups -OCH3 is 2. The van der Waals surface area contributed by atoms with Gasteiger partial charge in [-0.15, -0.1) is 24.0 Å². The van der Waals surface area contributed by atoms with Crippen LogP contribution in [-0.2, 0) is 13.1 Å². The van der Waals surface area contributed by atoms with Crippen molar-refractivity contribution in [3.63, 3.8) is 0 Å². The number of aliphatic imine (C=N–C) groups is 1. The molecule has 0 amide bonds. The smallest absolute Gasteiger partial charge is 0.191 e. The lowest BCUT2D eigenvalue weighted by molar-refractivity contribution is 0.354. The maximum atomic E-state index is 5.34. The maximum absolute atomic E-state index is 5.34. The first-order chi connectivity index (χ1) is 11.2. The largest absolute Gasteiger partial charge is 0.493 e. The Labute approximate surface area is 172 Å². The van der Waals surface area contributed by atoms with Gasteiger partial charge in [-0.3, -0.25) is 4.99 Å². The zero-order valence-corrected chi connectivity index (χ0v) is 18.5. The summed E-state index contributed by atoms with van der Waals surface area (Å²) in [6.07, 6.45) is 0. The van der Waals surface area contributed by atoms with Gasteiger partial charge in [0.15, 0.2) is 17.5 Å². The lowest BCUT2D eigenvalue weighted by Gasteiger charge is -2.14. The van der Waals surface area contributed by atoms with Crippen molar-refractivity contribution in [3.05, 3.63) is 44.6 Å². The van der Waals surface area contributed by atoms with Crippen LogP contribution in [0.15, 0.2) is 38.4 Å². The van der Waals surface area contributed by atoms with E-state index in [1.807, 2.05) is 12.1 Å². The van der Waals surface area contributed by atoms with Gasteiger partial charge >= 0.3 is 0 Å². The number of ether oxygens (including phenoxy) is 2. The molecule has 132 valence electrons. The Morgan fingerprint density at radius 2 is 1.83 bits per heavy atom. The quantitative estimate of drug-likeness (QED) is 0.340. The fourth-order valence-corrected chi connectivity index (χ4v) is 3.14. The molecule has 2 N–H and O–H groups in total. The average Bonchev–Trinajstić information content (AvgIpc) is 3.09. The van der Waals surface area contributed by atoms with Gasteiger partial charge in [0.1, 0.15) is 0 Å². The van der Waals surface area contributed by atoms with E-state index in [0.29, 0.717) is 18.0 Å². The molecule has 5 nitrogen and oxygen atoms in total. The van der Waals surface area contributed by atoms with Crippen LogP contribution in [0.25, 0.3) is 0 Å². The highest BCUT2D eigenvalue weighted by Crippen LogP contribution is 2.33. The van der Waals surface area contributed by atoms with Crippen molar-refractivity contribution >= 4 is 57.2 Å². The summed E-state index contributed by atoms with van der Waals surface area (Å²) in [6.45, 7) is 1.36. The highest BCUT2D eigenvalue weighted by atomic mass is 127. The van der Waals surface area contributed by atoms with E-state index in [4.69, 9.17) is 9.47 Å². The number of benzene rings is 1. The fraction of sp³-hybridized carbons (Fsp3) is 0.312. The number of halogens is 2. The Hall–Kier alpha value is -1.00. The zero-order chi connectivity index (χ0) is 16.7. The van der Waals surface area contributed by atoms with E-state index in [0.717, 1.165) is 22.5 Å². The first kappa shape index (κ1) is 21.0. The van der Waals surface area contributed by atoms with Gasteiger partial charge in [-0.2, -0.15) is 11.3 Å². The van der Waals surface area contributed by atoms with Crippen LogP contribution in [-0.4, -0.2) is 27.2 Å². The number of hydrogen-bond donors (Lipinski definition) is 2. The third kappa shape index (κ3) is 5.82. The summed E-state index contributed by atoms with van der Waals surface area (Å²) in [5.41, 5.74) is 2.30. The summed E-state index contributed by atoms with van der Waals surface area (Å²) in [5.74, 6) is 2.15. The van der Waals surface area contributed by atoms with Gasteiger partial charge in [0.05, 0.1) is 14.2 Å². The van der Waals surface area contributed by atoms with Gasteiger partial charge in [0, 0.05) is 24.6 Å². The molecule has 0 saturated heterocycles. The monoisotopic (exact) mass is 525 g/mol. The average molecular weight is 526 g/mol. The molecule has 0 fully saturated rings. The van der Waals surface area contributed by atoms with Crippen LogP contribution in [0.5, 0.6) is 11.5 Å². The maximum Gasteiger partial charge on any atom is 0.191 e. The van der Waals surface area contributed by atoms with Gasteiger partial charge in [0.25, 0.3) is 0 Å². The Kier molecular flexibility index (Phi) is 9.45. The summed E-state index contributed by atoms with van der Waals surface area (Å²) in [5, 5.41) is 10.8. The number of hydrogen-bond acceptors (Lipinski definition) is 4. The molecule has 0 bridgehead atoms. The number of guanidine groups is 1. The zero-order valence-electron chi connectivity index (χ0n) is 13.8. The Balaban J connectivity index is 0.00000288. The Morgan fingerprint density at radius 3 is 2.42 bits per heavy atom. The minimum absolute atomic E-state index is 0. The second kappa shape index (κ2) is 10.8. The van der Waals surface area contributed by atoms with Gasteiger partial charge in [-0.1, -0.05) is 15.9 Å². The standard InChI is InChI=1S/C16H20BrN3O2S.HI/c1-18-16(19-8-11-4-5-23-10-11)20-9-12-6-14(21-2)15(22-3)7-13(12)17;/h4-7,10H,8-9H2,1-3H3,(H2,18,19,20);1H. The molecule has 1 aromatic heterocycles. The molecule has 2 rings (SSSR count). The summed E-state index contributed by atoms with van der Waals surface area (Å²) >= 11 is 5.25. The lowest BCUT2D eigenvalue weighted by atomic mass is 10.2. The predicted molar refractivity (Wildman–Crippen MR) is 114 cm³/mol. The van der Waals surface area contributed by atoms with Crippen molar-refractivity contribution in [2.24, 2.45) is 4.99 Å². The van der Waals surface area contributed by atoms with Crippen molar-refractivity contribution < 1.29 is 9.47 Å². The third-order valence-corrected chi connectivity index (χ3v) is 4.73. The van der Waals surface area contributed by atoms with Gasteiger partial charge in [-0.05, 0) is 40.1 Å². The SMILES string of the molecule is CN=C(NCc1ccsc1)NCc1cc(OC)c(OC)cc1Br.I.